The molecule has 6 bridgehead atoms. The van der Waals surface area contributed by atoms with Crippen LogP contribution >= 0.6 is 30.1 Å². The molecule has 3 atom stereocenters. The molecule has 3 aromatic heterocycles. The molecule has 1 amide bonds. The van der Waals surface area contributed by atoms with E-state index in [1.807, 2.05) is 12.1 Å². The number of likely N-dealkylation sites (N-methyl/N-ethyl adjacent to an activating group) is 1. The predicted molar refractivity (Wildman–Crippen MR) is 260 cm³/mol. The molecule has 0 unspecified atom stereocenters. The van der Waals surface area contributed by atoms with Crippen LogP contribution in [0.3, 0.4) is 0 Å². The lowest BCUT2D eigenvalue weighted by atomic mass is 9.97. The summed E-state index contributed by atoms with van der Waals surface area (Å²) >= 11 is 8.75. The molecule has 4 aliphatic heterocycles. The molecule has 68 heavy (non-hydrogen) atoms. The number of likely N-dealkylation sites (tertiary alicyclic amines) is 1. The number of carboxylic acids is 1. The first-order valence-electron chi connectivity index (χ1n) is 22.7. The molecule has 1 N–H and O–H groups in total. The van der Waals surface area contributed by atoms with Gasteiger partial charge in [-0.1, -0.05) is 17.7 Å². The number of hydrogen-bond donors (Lipinski definition) is 1. The fourth-order valence-corrected chi connectivity index (χ4v) is 11.6. The molecule has 15 nitrogen and oxygen atoms in total. The van der Waals surface area contributed by atoms with Crippen LogP contribution in [-0.4, -0.2) is 136 Å². The zero-order chi connectivity index (χ0) is 47.3. The Kier molecular flexibility index (Phi) is 12.9. The lowest BCUT2D eigenvalue weighted by molar-refractivity contribution is -0.145. The summed E-state index contributed by atoms with van der Waals surface area (Å²) in [4.78, 5) is 51.9. The molecule has 354 valence electrons. The van der Waals surface area contributed by atoms with Gasteiger partial charge >= 0.3 is 5.97 Å². The van der Waals surface area contributed by atoms with E-state index in [1.54, 1.807) is 54.8 Å². The van der Waals surface area contributed by atoms with Gasteiger partial charge in [0.15, 0.2) is 5.82 Å². The molecule has 2 saturated heterocycles. The first-order valence-corrected chi connectivity index (χ1v) is 26.7. The summed E-state index contributed by atoms with van der Waals surface area (Å²) in [5, 5.41) is 14.9. The molecule has 0 radical (unpaired) electrons. The summed E-state index contributed by atoms with van der Waals surface area (Å²) in [7, 11) is -0.262. The Morgan fingerprint density at radius 1 is 0.956 bits per heavy atom. The van der Waals surface area contributed by atoms with Crippen LogP contribution in [0.4, 0.5) is 4.39 Å². The first kappa shape index (κ1) is 46.0. The van der Waals surface area contributed by atoms with E-state index in [-0.39, 0.29) is 43.9 Å². The van der Waals surface area contributed by atoms with Crippen molar-refractivity contribution in [3.05, 3.63) is 95.0 Å². The highest BCUT2D eigenvalue weighted by molar-refractivity contribution is 7.62. The third kappa shape index (κ3) is 9.51. The Morgan fingerprint density at radius 2 is 1.78 bits per heavy atom. The van der Waals surface area contributed by atoms with Crippen molar-refractivity contribution in [1.82, 2.24) is 34.6 Å². The van der Waals surface area contributed by atoms with E-state index in [0.717, 1.165) is 42.7 Å². The summed E-state index contributed by atoms with van der Waals surface area (Å²) in [5.74, 6) is 0.0731. The summed E-state index contributed by atoms with van der Waals surface area (Å²) in [6.45, 7) is 8.07. The average molecular weight is 982 g/mol. The van der Waals surface area contributed by atoms with Crippen LogP contribution in [0.5, 0.6) is 23.1 Å². The van der Waals surface area contributed by atoms with Gasteiger partial charge in [-0.2, -0.15) is 0 Å². The summed E-state index contributed by atoms with van der Waals surface area (Å²) in [6.07, 6.45) is 2.92. The number of amides is 1. The van der Waals surface area contributed by atoms with Crippen molar-refractivity contribution in [3.63, 3.8) is 0 Å². The number of carboxylic acid groups (broad SMARTS) is 1. The Labute approximate surface area is 400 Å². The third-order valence-corrected chi connectivity index (χ3v) is 15.7. The molecule has 11 rings (SSSR count). The number of rotatable bonds is 10. The molecule has 4 aromatic carbocycles. The van der Waals surface area contributed by atoms with Gasteiger partial charge < -0.3 is 38.4 Å². The van der Waals surface area contributed by atoms with Gasteiger partial charge in [0, 0.05) is 90.9 Å². The van der Waals surface area contributed by atoms with Crippen LogP contribution in [-0.2, 0) is 27.2 Å². The molecule has 0 saturated carbocycles. The van der Waals surface area contributed by atoms with Crippen LogP contribution < -0.4 is 18.9 Å². The lowest BCUT2D eigenvalue weighted by Crippen LogP contribution is -2.49. The number of carbonyl (C=O) groups excluding carboxylic acids is 1. The van der Waals surface area contributed by atoms with Gasteiger partial charge in [-0.3, -0.25) is 9.69 Å². The minimum atomic E-state index is -2.36. The van der Waals surface area contributed by atoms with Crippen LogP contribution in [0.25, 0.3) is 41.8 Å². The van der Waals surface area contributed by atoms with Crippen molar-refractivity contribution < 1.29 is 42.6 Å². The second kappa shape index (κ2) is 19.0. The number of fused-ring (bicyclic) bond motifs is 8. The van der Waals surface area contributed by atoms with E-state index in [1.165, 1.54) is 29.8 Å². The molecule has 7 aromatic rings. The SMILES string of the molecule is CN1CCN(C[C@@H]2COc3ccc(OCc4ccnc([C@H]5CCCN5C(=O)CCP(C)(C)=O)n4)c(c3)C[C@H](C(=O)O)Oc3ncnc4sc5c6ccc(F)cc6c6c(Cl)c(ccc6c5c34)O2)CC1. The number of hydrogen-bond acceptors (Lipinski definition) is 14. The molecule has 19 heteroatoms. The van der Waals surface area contributed by atoms with E-state index >= 15 is 4.39 Å². The first-order chi connectivity index (χ1) is 32.8. The molecule has 0 aliphatic carbocycles. The van der Waals surface area contributed by atoms with Crippen molar-refractivity contribution >= 4 is 83.8 Å². The highest BCUT2D eigenvalue weighted by atomic mass is 35.5. The van der Waals surface area contributed by atoms with Gasteiger partial charge in [0.2, 0.25) is 17.9 Å². The molecule has 7 heterocycles. The Morgan fingerprint density at radius 3 is 2.59 bits per heavy atom. The second-order valence-electron chi connectivity index (χ2n) is 18.2. The van der Waals surface area contributed by atoms with Crippen molar-refractivity contribution in [2.24, 2.45) is 0 Å². The number of thiophene rings is 1. The van der Waals surface area contributed by atoms with Crippen molar-refractivity contribution in [1.29, 1.82) is 0 Å². The Balaban J connectivity index is 1.03. The van der Waals surface area contributed by atoms with E-state index in [9.17, 15) is 19.3 Å². The molecule has 4 aliphatic rings. The van der Waals surface area contributed by atoms with Crippen molar-refractivity contribution in [3.8, 4) is 23.1 Å². The average Bonchev–Trinajstić information content (AvgIpc) is 3.97. The number of nitrogens with zero attached hydrogens (tertiary/aromatic N) is 7. The number of benzene rings is 4. The number of piperazine rings is 1. The summed E-state index contributed by atoms with van der Waals surface area (Å²) in [5.41, 5.74) is 1.06. The largest absolute Gasteiger partial charge is 0.490 e. The number of aliphatic carboxylic acids is 1. The van der Waals surface area contributed by atoms with Crippen LogP contribution in [0.15, 0.2) is 67.1 Å². The maximum atomic E-state index is 15.2. The van der Waals surface area contributed by atoms with Crippen molar-refractivity contribution in [2.75, 3.05) is 72.4 Å². The van der Waals surface area contributed by atoms with E-state index in [0.29, 0.717) is 96.8 Å². The summed E-state index contributed by atoms with van der Waals surface area (Å²) < 4.78 is 54.5. The zero-order valence-electron chi connectivity index (χ0n) is 37.8. The topological polar surface area (TPSA) is 170 Å². The van der Waals surface area contributed by atoms with Gasteiger partial charge in [0.05, 0.1) is 29.3 Å². The van der Waals surface area contributed by atoms with Crippen LogP contribution in [0.2, 0.25) is 5.02 Å². The molecular weight excluding hydrogens is 932 g/mol. The van der Waals surface area contributed by atoms with E-state index in [2.05, 4.69) is 31.8 Å². The number of halogens is 2. The monoisotopic (exact) mass is 981 g/mol. The van der Waals surface area contributed by atoms with Gasteiger partial charge in [0.1, 0.15) is 53.5 Å². The third-order valence-electron chi connectivity index (χ3n) is 12.9. The smallest absolute Gasteiger partial charge is 0.345 e. The minimum Gasteiger partial charge on any atom is -0.490 e. The number of carbonyl (C=O) groups is 2. The maximum absolute atomic E-state index is 15.2. The van der Waals surface area contributed by atoms with E-state index in [4.69, 9.17) is 35.5 Å². The van der Waals surface area contributed by atoms with Gasteiger partial charge in [0.25, 0.3) is 0 Å². The van der Waals surface area contributed by atoms with Gasteiger partial charge in [-0.25, -0.2) is 29.1 Å². The van der Waals surface area contributed by atoms with Gasteiger partial charge in [-0.05, 0) is 92.5 Å². The quantitative estimate of drug-likeness (QED) is 0.102. The highest BCUT2D eigenvalue weighted by Crippen LogP contribution is 2.49. The molecular formula is C49H50ClFN7O8PS. The van der Waals surface area contributed by atoms with E-state index < -0.39 is 31.1 Å². The summed E-state index contributed by atoms with van der Waals surface area (Å²) in [6, 6.07) is 15.0. The second-order valence-corrected chi connectivity index (χ2v) is 23.2. The minimum absolute atomic E-state index is 0.0109. The van der Waals surface area contributed by atoms with Gasteiger partial charge in [-0.15, -0.1) is 11.3 Å². The predicted octanol–water partition coefficient (Wildman–Crippen LogP) is 8.45. The van der Waals surface area contributed by atoms with Crippen LogP contribution in [0.1, 0.15) is 42.4 Å². The Bertz CT molecular complexity index is 3150. The molecule has 2 fully saturated rings. The highest BCUT2D eigenvalue weighted by Gasteiger charge is 2.33. The fourth-order valence-electron chi connectivity index (χ4n) is 9.40. The normalized spacial score (nSPS) is 19.5. The van der Waals surface area contributed by atoms with Crippen molar-refractivity contribution in [2.45, 2.75) is 50.5 Å². The zero-order valence-corrected chi connectivity index (χ0v) is 40.3. The number of aromatic nitrogens is 4. The van der Waals surface area contributed by atoms with Crippen LogP contribution in [0, 0.1) is 5.82 Å². The molecule has 0 spiro atoms. The number of ether oxygens (including phenoxy) is 4. The fraction of sp³-hybridized carbons (Fsp3) is 0.388. The maximum Gasteiger partial charge on any atom is 0.345 e. The standard InChI is InChI=1S/C49H50ClFN7O8PS/c1-56-16-18-57(19-17-56)24-32-26-63-31-7-10-37(64-25-30-12-14-52-46(55-30)36-5-4-15-58(36)40(59)13-20-67(2,3)62)28(21-31)22-39(49(60)61)66-47-43-42-34-9-11-38(65-32)44(50)41(34)35-23-29(51)6-8-33(35)45(42)68-48(43)54-27-53-47/h6-12,14,21,23,27,32,36,39H,4-5,13,15-20,22,24-26H2,1-3H3,(H,60,61)/t32-,36-,39-/m1/s1. The Hall–Kier alpha value is -5.71. The lowest BCUT2D eigenvalue weighted by Gasteiger charge is -2.34.